The average molecular weight is 436 g/mol. The molecular weight excluding hydrogens is 411 g/mol. The molecule has 1 amide bonds. The number of benzene rings is 1. The Labute approximate surface area is 185 Å². The van der Waals surface area contributed by atoms with Gasteiger partial charge in [0.25, 0.3) is 5.91 Å². The molecule has 4 heterocycles. The smallest absolute Gasteiger partial charge is 0.257 e. The van der Waals surface area contributed by atoms with E-state index in [2.05, 4.69) is 29.4 Å². The Balaban J connectivity index is 1.30. The first-order chi connectivity index (χ1) is 15.2. The average Bonchev–Trinajstić information content (AvgIpc) is 3.31. The standard InChI is InChI=1S/C24H25FN4O3/c1-22(2)7-17-19(18(30)8-22)24(15-9-26-28-20(15)27-17)10-23(32-13-24)11-29(12-23)21(31)14-5-3-4-6-16(14)25/h3-6,27H,7-13H2,1-2H3. The molecule has 166 valence electrons. The number of allylic oxidation sites excluding steroid dienone is 1. The first-order valence-electron chi connectivity index (χ1n) is 11.0. The van der Waals surface area contributed by atoms with Crippen molar-refractivity contribution in [1.82, 2.24) is 10.2 Å². The quantitative estimate of drug-likeness (QED) is 0.732. The third-order valence-electron chi connectivity index (χ3n) is 7.48. The summed E-state index contributed by atoms with van der Waals surface area (Å²) in [5.41, 5.74) is 1.63. The van der Waals surface area contributed by atoms with Gasteiger partial charge in [-0.05, 0) is 30.4 Å². The number of azo groups is 1. The Morgan fingerprint density at radius 3 is 2.78 bits per heavy atom. The molecule has 1 aromatic rings. The van der Waals surface area contributed by atoms with E-state index in [1.54, 1.807) is 17.0 Å². The summed E-state index contributed by atoms with van der Waals surface area (Å²) in [6.45, 7) is 5.81. The monoisotopic (exact) mass is 436 g/mol. The number of likely N-dealkylation sites (tertiary alicyclic amines) is 1. The molecular formula is C24H25FN4O3. The van der Waals surface area contributed by atoms with E-state index in [1.807, 2.05) is 0 Å². The first kappa shape index (κ1) is 19.8. The van der Waals surface area contributed by atoms with Crippen molar-refractivity contribution in [2.24, 2.45) is 21.1 Å². The van der Waals surface area contributed by atoms with Gasteiger partial charge in [-0.15, -0.1) is 5.11 Å². The fourth-order valence-electron chi connectivity index (χ4n) is 6.15. The van der Waals surface area contributed by atoms with Crippen molar-refractivity contribution in [3.63, 3.8) is 0 Å². The van der Waals surface area contributed by atoms with Gasteiger partial charge in [0.05, 0.1) is 37.2 Å². The number of halogens is 1. The highest BCUT2D eigenvalue weighted by Crippen LogP contribution is 2.58. The molecule has 2 spiro atoms. The minimum atomic E-state index is -0.555. The molecule has 5 aliphatic rings. The number of nitrogens with zero attached hydrogens (tertiary/aromatic N) is 3. The van der Waals surface area contributed by atoms with E-state index in [0.717, 1.165) is 29.1 Å². The number of carbonyl (C=O) groups excluding carboxylic acids is 2. The molecule has 8 heteroatoms. The van der Waals surface area contributed by atoms with Crippen molar-refractivity contribution in [1.29, 1.82) is 0 Å². The molecule has 1 atom stereocenters. The van der Waals surface area contributed by atoms with Crippen molar-refractivity contribution < 1.29 is 18.7 Å². The molecule has 6 rings (SSSR count). The van der Waals surface area contributed by atoms with Crippen LogP contribution in [0.5, 0.6) is 0 Å². The van der Waals surface area contributed by atoms with Crippen molar-refractivity contribution in [3.05, 3.63) is 58.3 Å². The summed E-state index contributed by atoms with van der Waals surface area (Å²) in [6, 6.07) is 6.03. The second-order valence-electron chi connectivity index (χ2n) is 10.5. The molecule has 2 fully saturated rings. The molecule has 1 aromatic carbocycles. The van der Waals surface area contributed by atoms with Crippen LogP contribution in [-0.4, -0.2) is 48.4 Å². The SMILES string of the molecule is CC1(C)CC(=O)C2=C(C1)NC1=C(CN=N1)C21COC2(CN(C(=O)c3ccccc3F)C2)C1. The number of ether oxygens (including phenoxy) is 1. The maximum atomic E-state index is 14.1. The van der Waals surface area contributed by atoms with Crippen LogP contribution in [0.15, 0.2) is 57.2 Å². The summed E-state index contributed by atoms with van der Waals surface area (Å²) in [7, 11) is 0. The van der Waals surface area contributed by atoms with E-state index in [1.165, 1.54) is 12.1 Å². The minimum Gasteiger partial charge on any atom is -0.370 e. The maximum Gasteiger partial charge on any atom is 0.257 e. The van der Waals surface area contributed by atoms with Gasteiger partial charge in [0.2, 0.25) is 0 Å². The summed E-state index contributed by atoms with van der Waals surface area (Å²) >= 11 is 0. The first-order valence-corrected chi connectivity index (χ1v) is 11.0. The van der Waals surface area contributed by atoms with E-state index >= 15 is 0 Å². The zero-order chi connectivity index (χ0) is 22.3. The normalized spacial score (nSPS) is 29.3. The number of nitrogens with one attached hydrogen (secondary N) is 1. The van der Waals surface area contributed by atoms with E-state index in [9.17, 15) is 14.0 Å². The third kappa shape index (κ3) is 2.68. The Morgan fingerprint density at radius 2 is 2.00 bits per heavy atom. The second kappa shape index (κ2) is 6.34. The molecule has 1 aliphatic carbocycles. The number of amides is 1. The number of Topliss-reactive ketones (excluding diaryl/α,β-unsaturated/α-hetero) is 1. The van der Waals surface area contributed by atoms with Crippen LogP contribution in [0.2, 0.25) is 0 Å². The molecule has 1 N–H and O–H groups in total. The van der Waals surface area contributed by atoms with Gasteiger partial charge in [-0.1, -0.05) is 26.0 Å². The van der Waals surface area contributed by atoms with Crippen molar-refractivity contribution in [2.75, 3.05) is 26.2 Å². The molecule has 0 bridgehead atoms. The third-order valence-corrected chi connectivity index (χ3v) is 7.48. The molecule has 1 unspecified atom stereocenters. The van der Waals surface area contributed by atoms with Gasteiger partial charge in [0.1, 0.15) is 11.4 Å². The van der Waals surface area contributed by atoms with Crippen LogP contribution in [0.3, 0.4) is 0 Å². The van der Waals surface area contributed by atoms with Crippen LogP contribution in [0.1, 0.15) is 43.5 Å². The van der Waals surface area contributed by atoms with Gasteiger partial charge in [-0.3, -0.25) is 9.59 Å². The predicted molar refractivity (Wildman–Crippen MR) is 113 cm³/mol. The van der Waals surface area contributed by atoms with Crippen LogP contribution in [0, 0.1) is 16.6 Å². The van der Waals surface area contributed by atoms with Crippen LogP contribution >= 0.6 is 0 Å². The van der Waals surface area contributed by atoms with Gasteiger partial charge in [-0.2, -0.15) is 5.11 Å². The lowest BCUT2D eigenvalue weighted by Gasteiger charge is -2.48. The lowest BCUT2D eigenvalue weighted by atomic mass is 9.61. The fraction of sp³-hybridized carbons (Fsp3) is 0.500. The summed E-state index contributed by atoms with van der Waals surface area (Å²) in [5.74, 6) is 0.0505. The molecule has 2 saturated heterocycles. The Hall–Kier alpha value is -2.87. The molecule has 0 aromatic heterocycles. The van der Waals surface area contributed by atoms with E-state index in [4.69, 9.17) is 4.74 Å². The Kier molecular flexibility index (Phi) is 3.92. The second-order valence-corrected chi connectivity index (χ2v) is 10.5. The predicted octanol–water partition coefficient (Wildman–Crippen LogP) is 3.35. The number of hydrogen-bond donors (Lipinski definition) is 1. The number of rotatable bonds is 1. The van der Waals surface area contributed by atoms with Gasteiger partial charge >= 0.3 is 0 Å². The number of hydrogen-bond acceptors (Lipinski definition) is 6. The van der Waals surface area contributed by atoms with Crippen molar-refractivity contribution in [2.45, 2.75) is 38.7 Å². The number of carbonyl (C=O) groups is 2. The van der Waals surface area contributed by atoms with Crippen molar-refractivity contribution in [3.8, 4) is 0 Å². The van der Waals surface area contributed by atoms with Gasteiger partial charge in [0.15, 0.2) is 11.6 Å². The van der Waals surface area contributed by atoms with E-state index in [-0.39, 0.29) is 22.7 Å². The van der Waals surface area contributed by atoms with E-state index in [0.29, 0.717) is 39.1 Å². The fourth-order valence-corrected chi connectivity index (χ4v) is 6.15. The zero-order valence-electron chi connectivity index (χ0n) is 18.2. The number of ketones is 1. The lowest BCUT2D eigenvalue weighted by molar-refractivity contribution is -0.119. The van der Waals surface area contributed by atoms with Crippen LogP contribution in [0.25, 0.3) is 0 Å². The Bertz CT molecular complexity index is 1160. The van der Waals surface area contributed by atoms with Crippen LogP contribution < -0.4 is 5.32 Å². The summed E-state index contributed by atoms with van der Waals surface area (Å²) in [5, 5.41) is 11.9. The zero-order valence-corrected chi connectivity index (χ0v) is 18.2. The van der Waals surface area contributed by atoms with Gasteiger partial charge < -0.3 is 15.0 Å². The lowest BCUT2D eigenvalue weighted by Crippen LogP contribution is -2.63. The van der Waals surface area contributed by atoms with Gasteiger partial charge in [0, 0.05) is 23.3 Å². The van der Waals surface area contributed by atoms with Gasteiger partial charge in [-0.25, -0.2) is 4.39 Å². The highest BCUT2D eigenvalue weighted by molar-refractivity contribution is 6.00. The molecule has 0 radical (unpaired) electrons. The summed E-state index contributed by atoms with van der Waals surface area (Å²) in [4.78, 5) is 27.8. The maximum absolute atomic E-state index is 14.1. The molecule has 32 heavy (non-hydrogen) atoms. The van der Waals surface area contributed by atoms with E-state index < -0.39 is 16.8 Å². The topological polar surface area (TPSA) is 83.4 Å². The summed E-state index contributed by atoms with van der Waals surface area (Å²) < 4.78 is 20.5. The largest absolute Gasteiger partial charge is 0.370 e. The summed E-state index contributed by atoms with van der Waals surface area (Å²) in [6.07, 6.45) is 1.88. The highest BCUT2D eigenvalue weighted by atomic mass is 19.1. The van der Waals surface area contributed by atoms with Crippen LogP contribution in [0.4, 0.5) is 4.39 Å². The highest BCUT2D eigenvalue weighted by Gasteiger charge is 2.63. The number of dihydropyridines is 1. The number of fused-ring (bicyclic) bond motifs is 2. The molecule has 4 aliphatic heterocycles. The molecule has 7 nitrogen and oxygen atoms in total. The van der Waals surface area contributed by atoms with Crippen LogP contribution in [-0.2, 0) is 9.53 Å². The Morgan fingerprint density at radius 1 is 1.22 bits per heavy atom. The minimum absolute atomic E-state index is 0.0741. The molecule has 0 saturated carbocycles. The van der Waals surface area contributed by atoms with Crippen molar-refractivity contribution >= 4 is 11.7 Å².